The van der Waals surface area contributed by atoms with Crippen molar-refractivity contribution in [2.75, 3.05) is 26.3 Å². The number of ether oxygens (including phenoxy) is 2. The number of sulfonamides is 1. The van der Waals surface area contributed by atoms with Crippen LogP contribution in [0.15, 0.2) is 53.4 Å². The minimum atomic E-state index is -3.76. The van der Waals surface area contributed by atoms with Crippen LogP contribution in [0.5, 0.6) is 0 Å². The molecule has 0 aliphatic carbocycles. The number of hydrogen-bond acceptors (Lipinski definition) is 7. The van der Waals surface area contributed by atoms with Crippen LogP contribution in [0.4, 0.5) is 0 Å². The smallest absolute Gasteiger partial charge is 0.338 e. The molecular weight excluding hydrogens is 446 g/mol. The van der Waals surface area contributed by atoms with Gasteiger partial charge in [-0.25, -0.2) is 13.2 Å². The van der Waals surface area contributed by atoms with Crippen molar-refractivity contribution in [1.29, 1.82) is 0 Å². The summed E-state index contributed by atoms with van der Waals surface area (Å²) in [5.41, 5.74) is 1.78. The Hall–Kier alpha value is -3.04. The molecule has 0 N–H and O–H groups in total. The van der Waals surface area contributed by atoms with Crippen molar-refractivity contribution in [3.8, 4) is 0 Å². The monoisotopic (exact) mass is 473 g/mol. The molecule has 2 aromatic rings. The second-order valence-electron chi connectivity index (χ2n) is 7.82. The highest BCUT2D eigenvalue weighted by Crippen LogP contribution is 2.25. The van der Waals surface area contributed by atoms with E-state index in [1.807, 2.05) is 19.1 Å². The fourth-order valence-electron chi connectivity index (χ4n) is 3.54. The van der Waals surface area contributed by atoms with E-state index in [1.54, 1.807) is 19.1 Å². The molecule has 1 saturated heterocycles. The molecular formula is C24H27NO7S. The molecule has 1 aliphatic heterocycles. The molecule has 0 radical (unpaired) electrons. The van der Waals surface area contributed by atoms with Gasteiger partial charge in [0.1, 0.15) is 0 Å². The SMILES string of the molecule is CCOC(=O)c1ccc(S(=O)(=O)N2CCC(C(=O)OCC(=O)c3ccc(C)cc3)CC2)cc1. The molecule has 33 heavy (non-hydrogen) atoms. The van der Waals surface area contributed by atoms with Crippen LogP contribution in [0, 0.1) is 12.8 Å². The molecule has 1 aliphatic rings. The molecule has 0 aromatic heterocycles. The fraction of sp³-hybridized carbons (Fsp3) is 0.375. The molecule has 0 unspecified atom stereocenters. The number of hydrogen-bond donors (Lipinski definition) is 0. The van der Waals surface area contributed by atoms with Gasteiger partial charge in [-0.2, -0.15) is 4.31 Å². The van der Waals surface area contributed by atoms with E-state index in [-0.39, 0.29) is 42.5 Å². The minimum absolute atomic E-state index is 0.0697. The van der Waals surface area contributed by atoms with Gasteiger partial charge in [-0.3, -0.25) is 9.59 Å². The van der Waals surface area contributed by atoms with Gasteiger partial charge < -0.3 is 9.47 Å². The van der Waals surface area contributed by atoms with Crippen LogP contribution < -0.4 is 0 Å². The quantitative estimate of drug-likeness (QED) is 0.428. The van der Waals surface area contributed by atoms with Gasteiger partial charge in [0.25, 0.3) is 0 Å². The first-order valence-corrected chi connectivity index (χ1v) is 12.2. The van der Waals surface area contributed by atoms with E-state index in [0.717, 1.165) is 5.56 Å². The number of esters is 2. The second kappa shape index (κ2) is 10.7. The van der Waals surface area contributed by atoms with Crippen LogP contribution in [0.2, 0.25) is 0 Å². The summed E-state index contributed by atoms with van der Waals surface area (Å²) in [6.07, 6.45) is 0.607. The molecule has 9 heteroatoms. The highest BCUT2D eigenvalue weighted by Gasteiger charge is 2.33. The minimum Gasteiger partial charge on any atom is -0.462 e. The van der Waals surface area contributed by atoms with Gasteiger partial charge in [0.05, 0.1) is 23.0 Å². The van der Waals surface area contributed by atoms with Crippen molar-refractivity contribution in [3.05, 3.63) is 65.2 Å². The topological polar surface area (TPSA) is 107 Å². The number of ketones is 1. The van der Waals surface area contributed by atoms with E-state index in [9.17, 15) is 22.8 Å². The van der Waals surface area contributed by atoms with Crippen molar-refractivity contribution in [2.24, 2.45) is 5.92 Å². The van der Waals surface area contributed by atoms with Crippen LogP contribution in [-0.4, -0.2) is 56.7 Å². The number of benzene rings is 2. The second-order valence-corrected chi connectivity index (χ2v) is 9.76. The van der Waals surface area contributed by atoms with Crippen molar-refractivity contribution in [1.82, 2.24) is 4.31 Å². The highest BCUT2D eigenvalue weighted by molar-refractivity contribution is 7.89. The summed E-state index contributed by atoms with van der Waals surface area (Å²) in [7, 11) is -3.76. The number of piperidine rings is 1. The standard InChI is InChI=1S/C24H27NO7S/c1-3-31-23(27)19-8-10-21(11-9-19)33(29,30)25-14-12-20(13-15-25)24(28)32-16-22(26)18-6-4-17(2)5-7-18/h4-11,20H,3,12-16H2,1-2H3. The van der Waals surface area contributed by atoms with Gasteiger partial charge in [-0.15, -0.1) is 0 Å². The van der Waals surface area contributed by atoms with E-state index >= 15 is 0 Å². The summed E-state index contributed by atoms with van der Waals surface area (Å²) in [4.78, 5) is 36.4. The van der Waals surface area contributed by atoms with Gasteiger partial charge >= 0.3 is 11.9 Å². The maximum atomic E-state index is 12.9. The number of Topliss-reactive ketones (excluding diaryl/α,β-unsaturated/α-hetero) is 1. The number of rotatable bonds is 8. The average molecular weight is 474 g/mol. The zero-order valence-electron chi connectivity index (χ0n) is 18.7. The van der Waals surface area contributed by atoms with Crippen LogP contribution in [0.25, 0.3) is 0 Å². The van der Waals surface area contributed by atoms with Crippen molar-refractivity contribution >= 4 is 27.7 Å². The van der Waals surface area contributed by atoms with Gasteiger partial charge in [-0.05, 0) is 51.0 Å². The van der Waals surface area contributed by atoms with Gasteiger partial charge in [-0.1, -0.05) is 29.8 Å². The first-order valence-electron chi connectivity index (χ1n) is 10.8. The van der Waals surface area contributed by atoms with Crippen molar-refractivity contribution in [3.63, 3.8) is 0 Å². The summed E-state index contributed by atoms with van der Waals surface area (Å²) in [6, 6.07) is 12.6. The van der Waals surface area contributed by atoms with Crippen LogP contribution in [-0.2, 0) is 24.3 Å². The van der Waals surface area contributed by atoms with Crippen LogP contribution >= 0.6 is 0 Å². The maximum absolute atomic E-state index is 12.9. The Labute approximate surface area is 193 Å². The van der Waals surface area contributed by atoms with Gasteiger partial charge in [0.15, 0.2) is 12.4 Å². The molecule has 3 rings (SSSR count). The van der Waals surface area contributed by atoms with E-state index in [2.05, 4.69) is 0 Å². The molecule has 0 spiro atoms. The third kappa shape index (κ3) is 6.06. The molecule has 2 aromatic carbocycles. The summed E-state index contributed by atoms with van der Waals surface area (Å²) < 4.78 is 37.2. The van der Waals surface area contributed by atoms with Crippen LogP contribution in [0.1, 0.15) is 46.0 Å². The fourth-order valence-corrected chi connectivity index (χ4v) is 5.01. The summed E-state index contributed by atoms with van der Waals surface area (Å²) >= 11 is 0. The lowest BCUT2D eigenvalue weighted by Gasteiger charge is -2.30. The lowest BCUT2D eigenvalue weighted by molar-refractivity contribution is -0.148. The Bertz CT molecular complexity index is 1100. The molecule has 1 fully saturated rings. The molecule has 8 nitrogen and oxygen atoms in total. The highest BCUT2D eigenvalue weighted by atomic mass is 32.2. The summed E-state index contributed by atoms with van der Waals surface area (Å²) in [5, 5.41) is 0. The number of nitrogens with zero attached hydrogens (tertiary/aromatic N) is 1. The molecule has 0 saturated carbocycles. The largest absolute Gasteiger partial charge is 0.462 e. The molecule has 0 bridgehead atoms. The third-order valence-corrected chi connectivity index (χ3v) is 7.42. The zero-order valence-corrected chi connectivity index (χ0v) is 19.5. The zero-order chi connectivity index (χ0) is 24.0. The maximum Gasteiger partial charge on any atom is 0.338 e. The number of carbonyl (C=O) groups excluding carboxylic acids is 3. The van der Waals surface area contributed by atoms with E-state index < -0.39 is 27.9 Å². The summed E-state index contributed by atoms with van der Waals surface area (Å²) in [5.74, 6) is -1.75. The molecule has 1 heterocycles. The lowest BCUT2D eigenvalue weighted by Crippen LogP contribution is -2.40. The molecule has 0 atom stereocenters. The van der Waals surface area contributed by atoms with Gasteiger partial charge in [0.2, 0.25) is 10.0 Å². The Kier molecular flexibility index (Phi) is 7.99. The van der Waals surface area contributed by atoms with E-state index in [0.29, 0.717) is 18.4 Å². The van der Waals surface area contributed by atoms with E-state index in [4.69, 9.17) is 9.47 Å². The Morgan fingerprint density at radius 3 is 2.06 bits per heavy atom. The Morgan fingerprint density at radius 2 is 1.48 bits per heavy atom. The molecule has 176 valence electrons. The predicted octanol–water partition coefficient (Wildman–Crippen LogP) is 3.00. The van der Waals surface area contributed by atoms with E-state index in [1.165, 1.54) is 28.6 Å². The van der Waals surface area contributed by atoms with Crippen molar-refractivity contribution < 1.29 is 32.3 Å². The van der Waals surface area contributed by atoms with Crippen LogP contribution in [0.3, 0.4) is 0 Å². The predicted molar refractivity (Wildman–Crippen MR) is 120 cm³/mol. The summed E-state index contributed by atoms with van der Waals surface area (Å²) in [6.45, 7) is 3.82. The first-order chi connectivity index (χ1) is 15.7. The van der Waals surface area contributed by atoms with Crippen molar-refractivity contribution in [2.45, 2.75) is 31.6 Å². The first kappa shape index (κ1) is 24.6. The Morgan fingerprint density at radius 1 is 0.909 bits per heavy atom. The lowest BCUT2D eigenvalue weighted by atomic mass is 9.98. The number of aryl methyl sites for hydroxylation is 1. The normalized spacial score (nSPS) is 15.1. The Balaban J connectivity index is 1.53. The average Bonchev–Trinajstić information content (AvgIpc) is 2.83. The van der Waals surface area contributed by atoms with Gasteiger partial charge in [0, 0.05) is 18.7 Å². The molecule has 0 amide bonds. The third-order valence-electron chi connectivity index (χ3n) is 5.51. The number of carbonyl (C=O) groups is 3.